The van der Waals surface area contributed by atoms with E-state index in [0.29, 0.717) is 18.3 Å². The van der Waals surface area contributed by atoms with Crippen LogP contribution in [0, 0.1) is 11.8 Å². The van der Waals surface area contributed by atoms with Crippen molar-refractivity contribution in [2.75, 3.05) is 31.5 Å². The molecule has 0 spiro atoms. The third-order valence-electron chi connectivity index (χ3n) is 5.21. The van der Waals surface area contributed by atoms with Gasteiger partial charge >= 0.3 is 0 Å². The second-order valence-electron chi connectivity index (χ2n) is 6.98. The Balaban J connectivity index is 1.86. The Bertz CT molecular complexity index is 507. The molecule has 1 aromatic carbocycles. The van der Waals surface area contributed by atoms with E-state index in [1.165, 1.54) is 18.4 Å². The number of carbonyl (C=O) groups is 1. The zero-order valence-corrected chi connectivity index (χ0v) is 15.5. The zero-order chi connectivity index (χ0) is 17.4. The molecule has 1 saturated heterocycles. The second kappa shape index (κ2) is 9.80. The van der Waals surface area contributed by atoms with Gasteiger partial charge in [-0.25, -0.2) is 0 Å². The highest BCUT2D eigenvalue weighted by Gasteiger charge is 2.22. The standard InChI is InChI=1S/C20H33N3O/c1-4-23(5-2)15-17-7-6-8-19(14-17)22-20(24)13-16(3)18-9-11-21-12-10-18/h6-8,14,16,18,21H,4-5,9-13,15H2,1-3H3,(H,22,24). The van der Waals surface area contributed by atoms with E-state index >= 15 is 0 Å². The summed E-state index contributed by atoms with van der Waals surface area (Å²) in [5, 5.41) is 6.48. The van der Waals surface area contributed by atoms with Crippen molar-refractivity contribution in [2.45, 2.75) is 46.6 Å². The predicted octanol–water partition coefficient (Wildman–Crippen LogP) is 3.49. The smallest absolute Gasteiger partial charge is 0.224 e. The number of nitrogens with zero attached hydrogens (tertiary/aromatic N) is 1. The number of carbonyl (C=O) groups excluding carboxylic acids is 1. The van der Waals surface area contributed by atoms with Gasteiger partial charge in [-0.1, -0.05) is 32.9 Å². The van der Waals surface area contributed by atoms with Crippen LogP contribution in [-0.2, 0) is 11.3 Å². The monoisotopic (exact) mass is 331 g/mol. The number of hydrogen-bond donors (Lipinski definition) is 2. The number of anilines is 1. The van der Waals surface area contributed by atoms with Gasteiger partial charge in [0.15, 0.2) is 0 Å². The Kier molecular flexibility index (Phi) is 7.73. The predicted molar refractivity (Wildman–Crippen MR) is 101 cm³/mol. The van der Waals surface area contributed by atoms with Crippen molar-refractivity contribution in [1.29, 1.82) is 0 Å². The molecule has 0 aliphatic carbocycles. The lowest BCUT2D eigenvalue weighted by molar-refractivity contribution is -0.117. The first kappa shape index (κ1) is 18.9. The molecule has 2 rings (SSSR count). The van der Waals surface area contributed by atoms with Crippen molar-refractivity contribution < 1.29 is 4.79 Å². The molecule has 1 aliphatic rings. The second-order valence-corrected chi connectivity index (χ2v) is 6.98. The normalized spacial score (nSPS) is 17.0. The SMILES string of the molecule is CCN(CC)Cc1cccc(NC(=O)CC(C)C2CCNCC2)c1. The van der Waals surface area contributed by atoms with E-state index in [1.807, 2.05) is 12.1 Å². The summed E-state index contributed by atoms with van der Waals surface area (Å²) in [5.41, 5.74) is 2.17. The molecule has 1 unspecified atom stereocenters. The Morgan fingerprint density at radius 1 is 1.29 bits per heavy atom. The number of amides is 1. The third-order valence-corrected chi connectivity index (χ3v) is 5.21. The summed E-state index contributed by atoms with van der Waals surface area (Å²) in [5.74, 6) is 1.26. The molecule has 4 heteroatoms. The Morgan fingerprint density at radius 2 is 2.00 bits per heavy atom. The molecule has 0 radical (unpaired) electrons. The molecular weight excluding hydrogens is 298 g/mol. The van der Waals surface area contributed by atoms with E-state index in [4.69, 9.17) is 0 Å². The van der Waals surface area contributed by atoms with Crippen molar-refractivity contribution in [3.8, 4) is 0 Å². The first-order valence-corrected chi connectivity index (χ1v) is 9.44. The van der Waals surface area contributed by atoms with Gasteiger partial charge in [0.25, 0.3) is 0 Å². The lowest BCUT2D eigenvalue weighted by Crippen LogP contribution is -2.32. The summed E-state index contributed by atoms with van der Waals surface area (Å²) in [6, 6.07) is 8.25. The van der Waals surface area contributed by atoms with Gasteiger partial charge in [0.1, 0.15) is 0 Å². The molecule has 24 heavy (non-hydrogen) atoms. The largest absolute Gasteiger partial charge is 0.326 e. The molecule has 0 aromatic heterocycles. The van der Waals surface area contributed by atoms with Crippen molar-refractivity contribution in [2.24, 2.45) is 11.8 Å². The third kappa shape index (κ3) is 5.91. The number of benzene rings is 1. The molecule has 1 fully saturated rings. The highest BCUT2D eigenvalue weighted by molar-refractivity contribution is 5.90. The zero-order valence-electron chi connectivity index (χ0n) is 15.5. The Morgan fingerprint density at radius 3 is 2.67 bits per heavy atom. The van der Waals surface area contributed by atoms with Crippen LogP contribution in [0.4, 0.5) is 5.69 Å². The lowest BCUT2D eigenvalue weighted by Gasteiger charge is -2.27. The quantitative estimate of drug-likeness (QED) is 0.766. The summed E-state index contributed by atoms with van der Waals surface area (Å²) in [7, 11) is 0. The van der Waals surface area contributed by atoms with Crippen LogP contribution in [0.5, 0.6) is 0 Å². The van der Waals surface area contributed by atoms with E-state index < -0.39 is 0 Å². The molecule has 1 aromatic rings. The van der Waals surface area contributed by atoms with Crippen molar-refractivity contribution >= 4 is 11.6 Å². The van der Waals surface area contributed by atoms with E-state index in [1.54, 1.807) is 0 Å². The number of nitrogens with one attached hydrogen (secondary N) is 2. The molecule has 1 amide bonds. The maximum atomic E-state index is 12.4. The van der Waals surface area contributed by atoms with Crippen LogP contribution in [0.3, 0.4) is 0 Å². The van der Waals surface area contributed by atoms with Gasteiger partial charge in [0.05, 0.1) is 0 Å². The van der Waals surface area contributed by atoms with Crippen LogP contribution in [0.2, 0.25) is 0 Å². The topological polar surface area (TPSA) is 44.4 Å². The average Bonchev–Trinajstić information content (AvgIpc) is 2.60. The minimum atomic E-state index is 0.140. The van der Waals surface area contributed by atoms with Crippen molar-refractivity contribution in [3.05, 3.63) is 29.8 Å². The van der Waals surface area contributed by atoms with Crippen LogP contribution in [0.25, 0.3) is 0 Å². The molecule has 0 bridgehead atoms. The summed E-state index contributed by atoms with van der Waals surface area (Å²) in [4.78, 5) is 14.7. The van der Waals surface area contributed by atoms with Gasteiger partial charge < -0.3 is 10.6 Å². The van der Waals surface area contributed by atoms with Gasteiger partial charge in [-0.05, 0) is 68.6 Å². The number of hydrogen-bond acceptors (Lipinski definition) is 3. The average molecular weight is 332 g/mol. The maximum Gasteiger partial charge on any atom is 0.224 e. The maximum absolute atomic E-state index is 12.4. The molecule has 1 aliphatic heterocycles. The molecule has 1 heterocycles. The van der Waals surface area contributed by atoms with Crippen molar-refractivity contribution in [3.63, 3.8) is 0 Å². The molecular formula is C20H33N3O. The first-order valence-electron chi connectivity index (χ1n) is 9.44. The van der Waals surface area contributed by atoms with E-state index in [2.05, 4.69) is 48.4 Å². The summed E-state index contributed by atoms with van der Waals surface area (Å²) >= 11 is 0. The fraction of sp³-hybridized carbons (Fsp3) is 0.650. The fourth-order valence-corrected chi connectivity index (χ4v) is 3.54. The fourth-order valence-electron chi connectivity index (χ4n) is 3.54. The minimum Gasteiger partial charge on any atom is -0.326 e. The highest BCUT2D eigenvalue weighted by atomic mass is 16.1. The van der Waals surface area contributed by atoms with Gasteiger partial charge in [-0.3, -0.25) is 9.69 Å². The van der Waals surface area contributed by atoms with Crippen LogP contribution < -0.4 is 10.6 Å². The van der Waals surface area contributed by atoms with E-state index in [-0.39, 0.29) is 5.91 Å². The van der Waals surface area contributed by atoms with Gasteiger partial charge in [-0.15, -0.1) is 0 Å². The number of rotatable bonds is 8. The van der Waals surface area contributed by atoms with Gasteiger partial charge in [-0.2, -0.15) is 0 Å². The Labute approximate surface area is 147 Å². The molecule has 0 saturated carbocycles. The number of piperidine rings is 1. The molecule has 4 nitrogen and oxygen atoms in total. The van der Waals surface area contributed by atoms with E-state index in [9.17, 15) is 4.79 Å². The van der Waals surface area contributed by atoms with Crippen LogP contribution >= 0.6 is 0 Å². The van der Waals surface area contributed by atoms with Crippen LogP contribution in [0.15, 0.2) is 24.3 Å². The summed E-state index contributed by atoms with van der Waals surface area (Å²) < 4.78 is 0. The molecule has 134 valence electrons. The first-order chi connectivity index (χ1) is 11.6. The van der Waals surface area contributed by atoms with Crippen LogP contribution in [-0.4, -0.2) is 37.0 Å². The summed E-state index contributed by atoms with van der Waals surface area (Å²) in [6.45, 7) is 11.8. The highest BCUT2D eigenvalue weighted by Crippen LogP contribution is 2.24. The molecule has 1 atom stereocenters. The van der Waals surface area contributed by atoms with Crippen molar-refractivity contribution in [1.82, 2.24) is 10.2 Å². The lowest BCUT2D eigenvalue weighted by atomic mass is 9.84. The summed E-state index contributed by atoms with van der Waals surface area (Å²) in [6.07, 6.45) is 2.99. The van der Waals surface area contributed by atoms with Crippen LogP contribution in [0.1, 0.15) is 45.6 Å². The molecule has 2 N–H and O–H groups in total. The minimum absolute atomic E-state index is 0.140. The van der Waals surface area contributed by atoms with Gasteiger partial charge in [0, 0.05) is 18.7 Å². The van der Waals surface area contributed by atoms with Gasteiger partial charge in [0.2, 0.25) is 5.91 Å². The van der Waals surface area contributed by atoms with E-state index in [0.717, 1.165) is 38.4 Å². The Hall–Kier alpha value is -1.39.